The molecule has 0 unspecified atom stereocenters. The first-order chi connectivity index (χ1) is 12.6. The molecule has 0 saturated carbocycles. The Kier molecular flexibility index (Phi) is 8.34. The second-order valence-electron chi connectivity index (χ2n) is 6.96. The van der Waals surface area contributed by atoms with E-state index >= 15 is 0 Å². The van der Waals surface area contributed by atoms with Gasteiger partial charge in [0.2, 0.25) is 5.91 Å². The summed E-state index contributed by atoms with van der Waals surface area (Å²) in [6.07, 6.45) is 4.01. The highest BCUT2D eigenvalue weighted by Gasteiger charge is 2.20. The van der Waals surface area contributed by atoms with Crippen LogP contribution in [0.1, 0.15) is 32.4 Å². The van der Waals surface area contributed by atoms with E-state index in [4.69, 9.17) is 0 Å². The summed E-state index contributed by atoms with van der Waals surface area (Å²) in [6.45, 7) is 8.06. The Morgan fingerprint density at radius 1 is 1.27 bits per heavy atom. The number of nitrogens with one attached hydrogen (secondary N) is 3. The topological polar surface area (TPSA) is 81.6 Å². The van der Waals surface area contributed by atoms with E-state index in [0.717, 1.165) is 44.1 Å². The number of likely N-dealkylation sites (tertiary alicyclic amines) is 1. The normalized spacial score (nSPS) is 16.5. The van der Waals surface area contributed by atoms with Gasteiger partial charge in [-0.1, -0.05) is 19.9 Å². The molecule has 2 heterocycles. The molecular formula is C19H32N6O. The lowest BCUT2D eigenvalue weighted by molar-refractivity contribution is -0.123. The number of carbonyl (C=O) groups is 1. The van der Waals surface area contributed by atoms with E-state index in [1.165, 1.54) is 0 Å². The predicted octanol–water partition coefficient (Wildman–Crippen LogP) is 0.983. The quantitative estimate of drug-likeness (QED) is 0.384. The minimum atomic E-state index is 0.0173. The van der Waals surface area contributed by atoms with Gasteiger partial charge in [0.15, 0.2) is 5.96 Å². The molecule has 0 bridgehead atoms. The molecule has 144 valence electrons. The zero-order valence-electron chi connectivity index (χ0n) is 16.2. The van der Waals surface area contributed by atoms with E-state index in [2.05, 4.69) is 36.9 Å². The van der Waals surface area contributed by atoms with Crippen LogP contribution in [0.5, 0.6) is 0 Å². The molecule has 1 saturated heterocycles. The molecule has 1 fully saturated rings. The van der Waals surface area contributed by atoms with E-state index in [0.29, 0.717) is 19.1 Å². The molecule has 1 aliphatic rings. The van der Waals surface area contributed by atoms with Crippen molar-refractivity contribution in [2.45, 2.75) is 39.3 Å². The predicted molar refractivity (Wildman–Crippen MR) is 105 cm³/mol. The molecule has 1 amide bonds. The first-order valence-corrected chi connectivity index (χ1v) is 9.45. The molecule has 1 aliphatic heterocycles. The van der Waals surface area contributed by atoms with Crippen molar-refractivity contribution < 1.29 is 4.79 Å². The molecule has 3 N–H and O–H groups in total. The number of hydrogen-bond donors (Lipinski definition) is 3. The molecule has 0 radical (unpaired) electrons. The summed E-state index contributed by atoms with van der Waals surface area (Å²) in [5.41, 5.74) is 1.12. The summed E-state index contributed by atoms with van der Waals surface area (Å²) in [4.78, 5) is 22.7. The first kappa shape index (κ1) is 20.2. The summed E-state index contributed by atoms with van der Waals surface area (Å²) in [5.74, 6) is 0.894. The van der Waals surface area contributed by atoms with Crippen molar-refractivity contribution in [3.05, 3.63) is 30.1 Å². The zero-order valence-corrected chi connectivity index (χ0v) is 16.2. The molecule has 0 aliphatic carbocycles. The second kappa shape index (κ2) is 10.8. The van der Waals surface area contributed by atoms with Crippen LogP contribution in [0.25, 0.3) is 0 Å². The van der Waals surface area contributed by atoms with Gasteiger partial charge in [0.25, 0.3) is 0 Å². The Morgan fingerprint density at radius 3 is 2.62 bits per heavy atom. The highest BCUT2D eigenvalue weighted by Crippen LogP contribution is 2.12. The maximum atomic E-state index is 11.5. The molecule has 0 spiro atoms. The van der Waals surface area contributed by atoms with Crippen LogP contribution >= 0.6 is 0 Å². The SMILES string of the molecule is CN=C(NCCNC(=O)C(C)C)NC1CCN(Cc2ccccn2)CC1. The smallest absolute Gasteiger partial charge is 0.222 e. The molecule has 2 rings (SSSR count). The van der Waals surface area contributed by atoms with E-state index in [1.54, 1.807) is 7.05 Å². The monoisotopic (exact) mass is 360 g/mol. The van der Waals surface area contributed by atoms with E-state index in [-0.39, 0.29) is 11.8 Å². The minimum Gasteiger partial charge on any atom is -0.355 e. The van der Waals surface area contributed by atoms with Crippen molar-refractivity contribution in [3.63, 3.8) is 0 Å². The minimum absolute atomic E-state index is 0.0173. The second-order valence-corrected chi connectivity index (χ2v) is 6.96. The van der Waals surface area contributed by atoms with Crippen LogP contribution < -0.4 is 16.0 Å². The molecule has 0 aromatic carbocycles. The van der Waals surface area contributed by atoms with Crippen molar-refractivity contribution in [2.24, 2.45) is 10.9 Å². The van der Waals surface area contributed by atoms with Gasteiger partial charge in [-0.2, -0.15) is 0 Å². The molecular weight excluding hydrogens is 328 g/mol. The Labute approximate surface area is 156 Å². The number of hydrogen-bond acceptors (Lipinski definition) is 4. The summed E-state index contributed by atoms with van der Waals surface area (Å²) >= 11 is 0. The third-order valence-electron chi connectivity index (χ3n) is 4.50. The molecule has 26 heavy (non-hydrogen) atoms. The van der Waals surface area contributed by atoms with Crippen LogP contribution in [0, 0.1) is 5.92 Å². The maximum Gasteiger partial charge on any atom is 0.222 e. The Balaban J connectivity index is 1.64. The van der Waals surface area contributed by atoms with Crippen LogP contribution in [-0.2, 0) is 11.3 Å². The maximum absolute atomic E-state index is 11.5. The third-order valence-corrected chi connectivity index (χ3v) is 4.50. The highest BCUT2D eigenvalue weighted by atomic mass is 16.1. The van der Waals surface area contributed by atoms with Crippen LogP contribution in [0.3, 0.4) is 0 Å². The van der Waals surface area contributed by atoms with Gasteiger partial charge in [0, 0.05) is 57.9 Å². The number of rotatable bonds is 7. The van der Waals surface area contributed by atoms with Gasteiger partial charge < -0.3 is 16.0 Å². The van der Waals surface area contributed by atoms with Gasteiger partial charge in [-0.25, -0.2) is 0 Å². The molecule has 1 aromatic heterocycles. The number of amides is 1. The summed E-state index contributed by atoms with van der Waals surface area (Å²) in [6, 6.07) is 6.49. The number of pyridine rings is 1. The molecule has 0 atom stereocenters. The van der Waals surface area contributed by atoms with Crippen molar-refractivity contribution in [1.82, 2.24) is 25.8 Å². The van der Waals surface area contributed by atoms with Crippen LogP contribution in [0.15, 0.2) is 29.4 Å². The summed E-state index contributed by atoms with van der Waals surface area (Å²) in [7, 11) is 1.78. The Bertz CT molecular complexity index is 567. The van der Waals surface area contributed by atoms with Gasteiger partial charge in [0.05, 0.1) is 5.69 Å². The Hall–Kier alpha value is -2.15. The van der Waals surface area contributed by atoms with Crippen LogP contribution in [0.4, 0.5) is 0 Å². The zero-order chi connectivity index (χ0) is 18.8. The van der Waals surface area contributed by atoms with Gasteiger partial charge in [0.1, 0.15) is 0 Å². The number of carbonyl (C=O) groups excluding carboxylic acids is 1. The van der Waals surface area contributed by atoms with E-state index in [1.807, 2.05) is 32.2 Å². The number of nitrogens with zero attached hydrogens (tertiary/aromatic N) is 3. The highest BCUT2D eigenvalue weighted by molar-refractivity contribution is 5.80. The molecule has 1 aromatic rings. The Morgan fingerprint density at radius 2 is 2.00 bits per heavy atom. The number of piperidine rings is 1. The summed E-state index contributed by atoms with van der Waals surface area (Å²) < 4.78 is 0. The number of guanidine groups is 1. The lowest BCUT2D eigenvalue weighted by atomic mass is 10.0. The van der Waals surface area contributed by atoms with E-state index < -0.39 is 0 Å². The number of aliphatic imine (C=N–C) groups is 1. The third kappa shape index (κ3) is 7.00. The van der Waals surface area contributed by atoms with Gasteiger partial charge in [-0.05, 0) is 25.0 Å². The first-order valence-electron chi connectivity index (χ1n) is 9.45. The largest absolute Gasteiger partial charge is 0.355 e. The average molecular weight is 361 g/mol. The lowest BCUT2D eigenvalue weighted by Gasteiger charge is -2.32. The fourth-order valence-electron chi connectivity index (χ4n) is 2.91. The fourth-order valence-corrected chi connectivity index (χ4v) is 2.91. The molecule has 7 nitrogen and oxygen atoms in total. The standard InChI is InChI=1S/C19H32N6O/c1-15(2)18(26)22-10-11-23-19(20-3)24-16-7-12-25(13-8-16)14-17-6-4-5-9-21-17/h4-6,9,15-16H,7-8,10-14H2,1-3H3,(H,22,26)(H2,20,23,24). The number of aromatic nitrogens is 1. The van der Waals surface area contributed by atoms with Gasteiger partial charge in [-0.3, -0.25) is 19.7 Å². The van der Waals surface area contributed by atoms with Crippen molar-refractivity contribution in [3.8, 4) is 0 Å². The van der Waals surface area contributed by atoms with E-state index in [9.17, 15) is 4.79 Å². The molecule has 7 heteroatoms. The van der Waals surface area contributed by atoms with Crippen LogP contribution in [-0.4, -0.2) is 61.0 Å². The van der Waals surface area contributed by atoms with Gasteiger partial charge in [-0.15, -0.1) is 0 Å². The van der Waals surface area contributed by atoms with Crippen molar-refractivity contribution in [2.75, 3.05) is 33.2 Å². The van der Waals surface area contributed by atoms with Crippen LogP contribution in [0.2, 0.25) is 0 Å². The summed E-state index contributed by atoms with van der Waals surface area (Å²) in [5, 5.41) is 9.64. The van der Waals surface area contributed by atoms with Crippen molar-refractivity contribution >= 4 is 11.9 Å². The van der Waals surface area contributed by atoms with Gasteiger partial charge >= 0.3 is 0 Å². The lowest BCUT2D eigenvalue weighted by Crippen LogP contribution is -2.49. The average Bonchev–Trinajstić information content (AvgIpc) is 2.66. The van der Waals surface area contributed by atoms with Crippen molar-refractivity contribution in [1.29, 1.82) is 0 Å². The fraction of sp³-hybridized carbons (Fsp3) is 0.632.